The summed E-state index contributed by atoms with van der Waals surface area (Å²) in [7, 11) is -1.59. The van der Waals surface area contributed by atoms with Crippen LogP contribution in [0.2, 0.25) is 19.6 Å². The van der Waals surface area contributed by atoms with Crippen LogP contribution >= 0.6 is 0 Å². The van der Waals surface area contributed by atoms with Gasteiger partial charge in [0.25, 0.3) is 0 Å². The lowest BCUT2D eigenvalue weighted by molar-refractivity contribution is -0.706. The summed E-state index contributed by atoms with van der Waals surface area (Å²) >= 11 is 0. The van der Waals surface area contributed by atoms with Crippen molar-refractivity contribution >= 4 is 19.0 Å². The molecule has 2 aromatic carbocycles. The molecule has 2 bridgehead atoms. The van der Waals surface area contributed by atoms with Crippen LogP contribution in [0.15, 0.2) is 79.0 Å². The molecule has 42 heavy (non-hydrogen) atoms. The van der Waals surface area contributed by atoms with E-state index in [1.165, 1.54) is 90.4 Å². The second kappa shape index (κ2) is 9.74. The summed E-state index contributed by atoms with van der Waals surface area (Å²) in [5.74, 6) is 3.05. The van der Waals surface area contributed by atoms with Gasteiger partial charge in [0.1, 0.15) is 0 Å². The molecule has 4 unspecified atom stereocenters. The zero-order chi connectivity index (χ0) is 28.7. The van der Waals surface area contributed by atoms with Crippen LogP contribution in [0.5, 0.6) is 0 Å². The Bertz CT molecular complexity index is 1650. The molecular weight excluding hydrogens is 525 g/mol. The largest absolute Gasteiger partial charge is 0.276 e. The average Bonchev–Trinajstić information content (AvgIpc) is 3.66. The minimum absolute atomic E-state index is 0.0605. The highest BCUT2D eigenvalue weighted by Crippen LogP contribution is 2.54. The van der Waals surface area contributed by atoms with Crippen molar-refractivity contribution in [1.82, 2.24) is 0 Å². The van der Waals surface area contributed by atoms with Crippen LogP contribution < -0.4 is 9.75 Å². The van der Waals surface area contributed by atoms with Crippen molar-refractivity contribution in [2.45, 2.75) is 89.0 Å². The van der Waals surface area contributed by atoms with Crippen molar-refractivity contribution in [2.75, 3.05) is 0 Å². The fourth-order valence-electron chi connectivity index (χ4n) is 9.43. The van der Waals surface area contributed by atoms with E-state index >= 15 is 0 Å². The zero-order valence-electron chi connectivity index (χ0n) is 25.7. The maximum atomic E-state index is 5.46. The number of aryl methyl sites for hydroxylation is 2. The van der Waals surface area contributed by atoms with E-state index < -0.39 is 8.07 Å². The molecule has 1 aromatic heterocycles. The monoisotopic (exact) mass is 569 g/mol. The summed E-state index contributed by atoms with van der Waals surface area (Å²) in [6, 6.07) is 17.0. The highest BCUT2D eigenvalue weighted by molar-refractivity contribution is 6.89. The molecule has 4 aliphatic carbocycles. The van der Waals surface area contributed by atoms with Crippen LogP contribution in [0, 0.1) is 17.8 Å². The van der Waals surface area contributed by atoms with Gasteiger partial charge in [-0.1, -0.05) is 57.1 Å². The summed E-state index contributed by atoms with van der Waals surface area (Å²) in [5, 5.41) is 1.64. The Labute approximate surface area is 253 Å². The van der Waals surface area contributed by atoms with Gasteiger partial charge in [0.05, 0.1) is 25.7 Å². The fourth-order valence-corrected chi connectivity index (χ4v) is 11.1. The molecule has 3 saturated carbocycles. The topological polar surface area (TPSA) is 16.2 Å². The number of rotatable bonds is 6. The normalized spacial score (nSPS) is 28.6. The number of hydrogen-bond donors (Lipinski definition) is 0. The molecule has 3 aromatic rings. The molecule has 6 aliphatic rings. The molecule has 0 N–H and O–H groups in total. The predicted octanol–water partition coefficient (Wildman–Crippen LogP) is 8.21. The second-order valence-electron chi connectivity index (χ2n) is 15.0. The Morgan fingerprint density at radius 3 is 2.38 bits per heavy atom. The number of allylic oxidation sites excluding steroid dienone is 2. The van der Waals surface area contributed by atoms with Crippen molar-refractivity contribution in [3.63, 3.8) is 0 Å². The van der Waals surface area contributed by atoms with Gasteiger partial charge in [-0.2, -0.15) is 4.57 Å². The number of aromatic nitrogens is 1. The minimum atomic E-state index is -1.59. The minimum Gasteiger partial charge on any atom is -0.276 e. The summed E-state index contributed by atoms with van der Waals surface area (Å²) in [5.41, 5.74) is 12.6. The summed E-state index contributed by atoms with van der Waals surface area (Å²) in [4.78, 5) is 5.46. The maximum absolute atomic E-state index is 5.46. The number of hydrogen-bond acceptors (Lipinski definition) is 1. The third kappa shape index (κ3) is 4.02. The van der Waals surface area contributed by atoms with E-state index in [1.54, 1.807) is 10.8 Å². The third-order valence-corrected chi connectivity index (χ3v) is 13.6. The first-order valence-corrected chi connectivity index (χ1v) is 20.0. The van der Waals surface area contributed by atoms with Gasteiger partial charge in [-0.3, -0.25) is 4.99 Å². The first kappa shape index (κ1) is 26.6. The number of aliphatic imine (C=N–C) groups is 1. The first-order chi connectivity index (χ1) is 20.3. The number of nitrogens with zero attached hydrogens (tertiary/aromatic N) is 2. The lowest BCUT2D eigenvalue weighted by Crippen LogP contribution is -2.53. The van der Waals surface area contributed by atoms with E-state index in [1.807, 2.05) is 6.08 Å². The quantitative estimate of drug-likeness (QED) is 0.162. The smallest absolute Gasteiger partial charge is 0.213 e. The standard InChI is InChI=1S/C39H45N2Si/c1-6-34-32-20-25-12-8-9-13-26(25)21-33(32)39(40-34)38-31-15-11-10-14-30(31)36-22-29(19-28-18-24-16-27(28)17-24)37(42(3,4)5)23-41(36)35(38)7-2/h6-7,10-11,14-15,20-24,27-28,35,38-39H,1-2,8-9,12-13,16-19H2,3-5H3/q+1. The second-order valence-corrected chi connectivity index (χ2v) is 20.0. The van der Waals surface area contributed by atoms with E-state index in [0.717, 1.165) is 23.5 Å². The van der Waals surface area contributed by atoms with Gasteiger partial charge >= 0.3 is 0 Å². The molecule has 2 aliphatic heterocycles. The van der Waals surface area contributed by atoms with Crippen molar-refractivity contribution in [2.24, 2.45) is 22.7 Å². The molecule has 0 amide bonds. The highest BCUT2D eigenvalue weighted by atomic mass is 28.3. The van der Waals surface area contributed by atoms with Gasteiger partial charge in [-0.15, -0.1) is 0 Å². The van der Waals surface area contributed by atoms with Crippen LogP contribution in [0.1, 0.15) is 83.5 Å². The van der Waals surface area contributed by atoms with Gasteiger partial charge in [0.15, 0.2) is 12.2 Å². The Morgan fingerprint density at radius 2 is 1.69 bits per heavy atom. The lowest BCUT2D eigenvalue weighted by Gasteiger charge is -2.34. The molecule has 0 spiro atoms. The van der Waals surface area contributed by atoms with E-state index in [4.69, 9.17) is 4.99 Å². The predicted molar refractivity (Wildman–Crippen MR) is 178 cm³/mol. The van der Waals surface area contributed by atoms with E-state index in [9.17, 15) is 0 Å². The van der Waals surface area contributed by atoms with Crippen molar-refractivity contribution < 1.29 is 4.57 Å². The summed E-state index contributed by atoms with van der Waals surface area (Å²) in [6.45, 7) is 16.3. The molecule has 214 valence electrons. The van der Waals surface area contributed by atoms with Gasteiger partial charge in [-0.25, -0.2) is 0 Å². The Kier molecular flexibility index (Phi) is 6.16. The molecular formula is C39H45N2Si+. The van der Waals surface area contributed by atoms with Gasteiger partial charge < -0.3 is 0 Å². The van der Waals surface area contributed by atoms with Crippen LogP contribution in [0.25, 0.3) is 11.3 Å². The van der Waals surface area contributed by atoms with Crippen molar-refractivity contribution in [1.29, 1.82) is 0 Å². The molecule has 3 heterocycles. The van der Waals surface area contributed by atoms with E-state index in [-0.39, 0.29) is 18.0 Å². The SMILES string of the molecule is C=CC1=NC(C2c3ccccc3-c3cc(CC4CC5CC4C5)c([Si](C)(C)C)c[n+]3C2C=C)c2cc3c(cc21)CCCC3. The van der Waals surface area contributed by atoms with Crippen LogP contribution in [0.4, 0.5) is 0 Å². The number of fused-ring (bicyclic) bond motifs is 6. The third-order valence-electron chi connectivity index (χ3n) is 11.5. The first-order valence-electron chi connectivity index (χ1n) is 16.5. The van der Waals surface area contributed by atoms with Crippen molar-refractivity contribution in [3.8, 4) is 11.3 Å². The van der Waals surface area contributed by atoms with Gasteiger partial charge in [-0.05, 0) is 121 Å². The molecule has 4 atom stereocenters. The maximum Gasteiger partial charge on any atom is 0.213 e. The highest BCUT2D eigenvalue weighted by Gasteiger charge is 2.48. The number of benzene rings is 2. The molecule has 9 rings (SSSR count). The van der Waals surface area contributed by atoms with E-state index in [2.05, 4.69) is 92.1 Å². The van der Waals surface area contributed by atoms with Crippen LogP contribution in [-0.2, 0) is 19.3 Å². The summed E-state index contributed by atoms with van der Waals surface area (Å²) in [6.07, 6.45) is 17.4. The Morgan fingerprint density at radius 1 is 0.929 bits per heavy atom. The Hall–Kier alpha value is -3.04. The van der Waals surface area contributed by atoms with E-state index in [0.29, 0.717) is 0 Å². The molecule has 3 heteroatoms. The van der Waals surface area contributed by atoms with Crippen molar-refractivity contribution in [3.05, 3.63) is 107 Å². The number of pyridine rings is 1. The zero-order valence-corrected chi connectivity index (χ0v) is 26.7. The molecule has 2 nitrogen and oxygen atoms in total. The Balaban J connectivity index is 1.29. The van der Waals surface area contributed by atoms with Gasteiger partial charge in [0.2, 0.25) is 5.69 Å². The molecule has 0 saturated heterocycles. The van der Waals surface area contributed by atoms with Crippen LogP contribution in [-0.4, -0.2) is 13.8 Å². The summed E-state index contributed by atoms with van der Waals surface area (Å²) < 4.78 is 2.60. The van der Waals surface area contributed by atoms with Gasteiger partial charge in [0, 0.05) is 22.4 Å². The molecule has 3 fully saturated rings. The average molecular weight is 570 g/mol. The van der Waals surface area contributed by atoms with Crippen LogP contribution in [0.3, 0.4) is 0 Å². The fraction of sp³-hybridized carbons (Fsp3) is 0.436. The lowest BCUT2D eigenvalue weighted by atomic mass is 9.75. The molecule has 0 radical (unpaired) electrons.